The van der Waals surface area contributed by atoms with Gasteiger partial charge in [0, 0.05) is 13.1 Å². The van der Waals surface area contributed by atoms with Crippen LogP contribution in [0.1, 0.15) is 5.56 Å². The third kappa shape index (κ3) is 3.85. The minimum atomic E-state index is -0.649. The second-order valence-electron chi connectivity index (χ2n) is 6.64. The van der Waals surface area contributed by atoms with E-state index in [0.717, 1.165) is 16.3 Å². The molecular formula is C23H20ClN3O2S. The van der Waals surface area contributed by atoms with Crippen molar-refractivity contribution in [2.75, 3.05) is 18.0 Å². The zero-order chi connectivity index (χ0) is 20.4. The van der Waals surface area contributed by atoms with Gasteiger partial charge in [0.1, 0.15) is 4.99 Å². The number of rotatable bonds is 5. The number of para-hydroxylation sites is 1. The van der Waals surface area contributed by atoms with Crippen molar-refractivity contribution in [3.63, 3.8) is 0 Å². The fourth-order valence-electron chi connectivity index (χ4n) is 3.42. The van der Waals surface area contributed by atoms with Crippen molar-refractivity contribution in [2.24, 2.45) is 5.73 Å². The maximum absolute atomic E-state index is 12.9. The van der Waals surface area contributed by atoms with Crippen LogP contribution < -0.4 is 16.0 Å². The van der Waals surface area contributed by atoms with Crippen LogP contribution in [0.4, 0.5) is 5.69 Å². The molecule has 152 valence electrons. The Hall–Kier alpha value is -3.06. The molecule has 1 fully saturated rings. The zero-order valence-electron chi connectivity index (χ0n) is 16.0. The molecule has 1 heterocycles. The predicted octanol–water partition coefficient (Wildman–Crippen LogP) is 3.46. The largest absolute Gasteiger partial charge is 0.383 e. The summed E-state index contributed by atoms with van der Waals surface area (Å²) in [4.78, 5) is 27.2. The molecule has 1 aliphatic heterocycles. The second kappa shape index (κ2) is 9.17. The zero-order valence-corrected chi connectivity index (χ0v) is 17.6. The highest BCUT2D eigenvalue weighted by Crippen LogP contribution is 2.30. The Morgan fingerprint density at radius 3 is 2.30 bits per heavy atom. The molecule has 5 nitrogen and oxygen atoms in total. The maximum Gasteiger partial charge on any atom is 0.304 e. The first-order valence-corrected chi connectivity index (χ1v) is 9.68. The number of nitrogens with zero attached hydrogens (tertiary/aromatic N) is 1. The number of amides is 1. The van der Waals surface area contributed by atoms with Crippen molar-refractivity contribution in [3.05, 3.63) is 83.9 Å². The van der Waals surface area contributed by atoms with Crippen LogP contribution in [0.25, 0.3) is 16.5 Å². The van der Waals surface area contributed by atoms with Gasteiger partial charge < -0.3 is 11.1 Å². The first kappa shape index (κ1) is 21.6. The number of fused-ring (bicyclic) bond motifs is 1. The van der Waals surface area contributed by atoms with Gasteiger partial charge >= 0.3 is 5.91 Å². The van der Waals surface area contributed by atoms with E-state index in [2.05, 4.69) is 5.32 Å². The molecule has 4 rings (SSSR count). The van der Waals surface area contributed by atoms with Crippen LogP contribution in [0.5, 0.6) is 0 Å². The fraction of sp³-hybridized carbons (Fsp3) is 0.0870. The predicted molar refractivity (Wildman–Crippen MR) is 127 cm³/mol. The lowest BCUT2D eigenvalue weighted by Gasteiger charge is -2.17. The van der Waals surface area contributed by atoms with E-state index in [1.54, 1.807) is 24.3 Å². The Morgan fingerprint density at radius 1 is 0.933 bits per heavy atom. The molecule has 0 unspecified atom stereocenters. The molecule has 0 radical (unpaired) electrons. The molecule has 3 N–H and O–H groups in total. The van der Waals surface area contributed by atoms with Crippen molar-refractivity contribution < 1.29 is 9.59 Å². The Bertz CT molecular complexity index is 1160. The Kier molecular flexibility index (Phi) is 6.62. The van der Waals surface area contributed by atoms with Gasteiger partial charge in [0.2, 0.25) is 0 Å². The first-order chi connectivity index (χ1) is 14.1. The van der Waals surface area contributed by atoms with Crippen molar-refractivity contribution in [1.82, 2.24) is 5.32 Å². The summed E-state index contributed by atoms with van der Waals surface area (Å²) in [5.41, 5.74) is 7.77. The number of carbonyl (C=O) groups excluding carboxylic acids is 2. The summed E-state index contributed by atoms with van der Waals surface area (Å²) in [5.74, 6) is -1.27. The molecular weight excluding hydrogens is 418 g/mol. The number of ketones is 1. The number of anilines is 1. The van der Waals surface area contributed by atoms with Gasteiger partial charge in [-0.15, -0.1) is 12.4 Å². The van der Waals surface area contributed by atoms with Crippen molar-refractivity contribution in [2.45, 2.75) is 0 Å². The third-order valence-electron chi connectivity index (χ3n) is 4.79. The molecule has 0 aromatic heterocycles. The fourth-order valence-corrected chi connectivity index (χ4v) is 3.80. The number of halogens is 1. The van der Waals surface area contributed by atoms with Crippen LogP contribution in [-0.4, -0.2) is 29.8 Å². The average Bonchev–Trinajstić information content (AvgIpc) is 2.98. The van der Waals surface area contributed by atoms with Gasteiger partial charge in [-0.2, -0.15) is 0 Å². The normalized spacial score (nSPS) is 15.4. The highest BCUT2D eigenvalue weighted by molar-refractivity contribution is 7.81. The molecule has 1 saturated heterocycles. The number of carbonyl (C=O) groups is 2. The van der Waals surface area contributed by atoms with E-state index >= 15 is 0 Å². The van der Waals surface area contributed by atoms with E-state index in [1.807, 2.05) is 48.5 Å². The maximum atomic E-state index is 12.9. The van der Waals surface area contributed by atoms with E-state index in [1.165, 1.54) is 4.90 Å². The lowest BCUT2D eigenvalue weighted by Crippen LogP contribution is -2.29. The summed E-state index contributed by atoms with van der Waals surface area (Å²) in [6.07, 6.45) is 0. The molecule has 0 spiro atoms. The van der Waals surface area contributed by atoms with Crippen molar-refractivity contribution in [3.8, 4) is 0 Å². The number of hydrogen-bond acceptors (Lipinski definition) is 5. The summed E-state index contributed by atoms with van der Waals surface area (Å²) < 4.78 is 0. The highest BCUT2D eigenvalue weighted by atomic mass is 35.5. The number of Topliss-reactive ketones (excluding diaryl/α,β-unsaturated/α-hetero) is 1. The molecule has 30 heavy (non-hydrogen) atoms. The number of thiocarbonyl (C=S) groups is 1. The van der Waals surface area contributed by atoms with Gasteiger partial charge in [0.25, 0.3) is 5.78 Å². The number of hydrogen-bond donors (Lipinski definition) is 2. The standard InChI is InChI=1S/C23H19N3O2S.ClH/c24-12-13-25-20(17-11-10-15-6-4-5-7-16(15)14-17)19-21(27)22(28)26(23(19)29)18-8-2-1-3-9-18;/h1-11,14,25H,12-13,24H2;1H/b20-19+;. The highest BCUT2D eigenvalue weighted by Gasteiger charge is 2.42. The van der Waals surface area contributed by atoms with E-state index in [4.69, 9.17) is 18.0 Å². The summed E-state index contributed by atoms with van der Waals surface area (Å²) >= 11 is 5.58. The van der Waals surface area contributed by atoms with Gasteiger partial charge in [-0.1, -0.05) is 66.8 Å². The summed E-state index contributed by atoms with van der Waals surface area (Å²) in [5, 5.41) is 5.33. The van der Waals surface area contributed by atoms with E-state index < -0.39 is 11.7 Å². The van der Waals surface area contributed by atoms with Gasteiger partial charge in [-0.05, 0) is 34.5 Å². The summed E-state index contributed by atoms with van der Waals surface area (Å²) in [6.45, 7) is 0.822. The van der Waals surface area contributed by atoms with Crippen molar-refractivity contribution in [1.29, 1.82) is 0 Å². The third-order valence-corrected chi connectivity index (χ3v) is 5.18. The van der Waals surface area contributed by atoms with E-state index in [9.17, 15) is 9.59 Å². The molecule has 0 aliphatic carbocycles. The molecule has 7 heteroatoms. The van der Waals surface area contributed by atoms with Crippen LogP contribution in [0, 0.1) is 0 Å². The topological polar surface area (TPSA) is 75.4 Å². The molecule has 0 bridgehead atoms. The smallest absolute Gasteiger partial charge is 0.304 e. The molecule has 1 amide bonds. The van der Waals surface area contributed by atoms with Crippen molar-refractivity contribution >= 4 is 63.5 Å². The van der Waals surface area contributed by atoms with E-state index in [-0.39, 0.29) is 23.0 Å². The second-order valence-corrected chi connectivity index (χ2v) is 7.02. The van der Waals surface area contributed by atoms with Gasteiger partial charge in [-0.25, -0.2) is 0 Å². The number of nitrogens with two attached hydrogens (primary N) is 1. The van der Waals surface area contributed by atoms with Crippen LogP contribution in [0.15, 0.2) is 78.4 Å². The number of nitrogens with one attached hydrogen (secondary N) is 1. The van der Waals surface area contributed by atoms with Gasteiger partial charge in [0.15, 0.2) is 0 Å². The van der Waals surface area contributed by atoms with Gasteiger partial charge in [0.05, 0.1) is 17.0 Å². The SMILES string of the molecule is Cl.NCCN/C(=C1\C(=O)C(=O)N(c2ccccc2)C1=S)c1ccc2ccccc2c1. The quantitative estimate of drug-likeness (QED) is 0.363. The molecule has 0 atom stereocenters. The lowest BCUT2D eigenvalue weighted by atomic mass is 10.0. The average molecular weight is 438 g/mol. The van der Waals surface area contributed by atoms with Crippen LogP contribution in [0.3, 0.4) is 0 Å². The Morgan fingerprint density at radius 2 is 1.60 bits per heavy atom. The lowest BCUT2D eigenvalue weighted by molar-refractivity contribution is -0.132. The first-order valence-electron chi connectivity index (χ1n) is 9.27. The van der Waals surface area contributed by atoms with Crippen LogP contribution in [-0.2, 0) is 9.59 Å². The molecule has 3 aromatic carbocycles. The number of benzene rings is 3. The Balaban J connectivity index is 0.00000256. The molecule has 0 saturated carbocycles. The van der Waals surface area contributed by atoms with E-state index in [0.29, 0.717) is 24.5 Å². The van der Waals surface area contributed by atoms with Crippen LogP contribution >= 0.6 is 24.6 Å². The van der Waals surface area contributed by atoms with Gasteiger partial charge in [-0.3, -0.25) is 14.5 Å². The monoisotopic (exact) mass is 437 g/mol. The Labute approximate surface area is 186 Å². The summed E-state index contributed by atoms with van der Waals surface area (Å²) in [7, 11) is 0. The minimum Gasteiger partial charge on any atom is -0.383 e. The van der Waals surface area contributed by atoms with Crippen LogP contribution in [0.2, 0.25) is 0 Å². The minimum absolute atomic E-state index is 0. The summed E-state index contributed by atoms with van der Waals surface area (Å²) in [6, 6.07) is 22.8. The molecule has 3 aromatic rings. The molecule has 1 aliphatic rings.